The molecule has 1 heterocycles. The standard InChI is InChI=1S/C13H24FNO/c14-7-2-1-3-8-15-9-11-5-4-6-12(10-15)13(11)16/h11-13,16H,1-10H2/t11-,12-/m0/s1. The normalized spacial score (nSPS) is 35.2. The van der Waals surface area contributed by atoms with E-state index in [2.05, 4.69) is 4.90 Å². The van der Waals surface area contributed by atoms with Gasteiger partial charge in [-0.25, -0.2) is 0 Å². The molecule has 2 nitrogen and oxygen atoms in total. The maximum absolute atomic E-state index is 12.0. The number of fused-ring (bicyclic) bond motifs is 2. The number of aliphatic hydroxyl groups excluding tert-OH is 1. The van der Waals surface area contributed by atoms with Crippen molar-refractivity contribution in [2.75, 3.05) is 26.3 Å². The van der Waals surface area contributed by atoms with Gasteiger partial charge in [0.25, 0.3) is 0 Å². The van der Waals surface area contributed by atoms with Crippen molar-refractivity contribution in [2.24, 2.45) is 11.8 Å². The summed E-state index contributed by atoms with van der Waals surface area (Å²) in [6.07, 6.45) is 6.46. The molecule has 2 fully saturated rings. The van der Waals surface area contributed by atoms with Crippen LogP contribution in [0.15, 0.2) is 0 Å². The van der Waals surface area contributed by atoms with E-state index in [1.807, 2.05) is 0 Å². The maximum atomic E-state index is 12.0. The highest BCUT2D eigenvalue weighted by Gasteiger charge is 2.37. The molecule has 94 valence electrons. The molecule has 0 aromatic heterocycles. The molecular weight excluding hydrogens is 205 g/mol. The summed E-state index contributed by atoms with van der Waals surface area (Å²) in [4.78, 5) is 2.49. The van der Waals surface area contributed by atoms with E-state index in [0.717, 1.165) is 32.5 Å². The van der Waals surface area contributed by atoms with Crippen LogP contribution in [0, 0.1) is 11.8 Å². The second-order valence-electron chi connectivity index (χ2n) is 5.45. The highest BCUT2D eigenvalue weighted by Crippen LogP contribution is 2.34. The molecule has 0 radical (unpaired) electrons. The smallest absolute Gasteiger partial charge is 0.0894 e. The molecule has 2 bridgehead atoms. The summed E-state index contributed by atoms with van der Waals surface area (Å²) in [7, 11) is 0. The average Bonchev–Trinajstić information content (AvgIpc) is 2.25. The first-order chi connectivity index (χ1) is 7.81. The van der Waals surface area contributed by atoms with E-state index in [1.54, 1.807) is 0 Å². The van der Waals surface area contributed by atoms with Crippen LogP contribution in [0.3, 0.4) is 0 Å². The molecule has 2 rings (SSSR count). The Labute approximate surface area is 97.8 Å². The SMILES string of the molecule is OC1[C@H]2CCC[C@H]1CN(CCCCCF)C2. The zero-order valence-corrected chi connectivity index (χ0v) is 10.1. The van der Waals surface area contributed by atoms with Gasteiger partial charge in [0.2, 0.25) is 0 Å². The summed E-state index contributed by atoms with van der Waals surface area (Å²) < 4.78 is 12.0. The molecule has 1 N–H and O–H groups in total. The predicted octanol–water partition coefficient (Wildman–Crippen LogP) is 2.22. The van der Waals surface area contributed by atoms with Crippen LogP contribution in [0.4, 0.5) is 4.39 Å². The van der Waals surface area contributed by atoms with Crippen molar-refractivity contribution < 1.29 is 9.50 Å². The zero-order valence-electron chi connectivity index (χ0n) is 10.1. The summed E-state index contributed by atoms with van der Waals surface area (Å²) in [6.45, 7) is 3.05. The van der Waals surface area contributed by atoms with Crippen molar-refractivity contribution in [3.05, 3.63) is 0 Å². The summed E-state index contributed by atoms with van der Waals surface area (Å²) in [5.41, 5.74) is 0. The molecule has 2 atom stereocenters. The van der Waals surface area contributed by atoms with E-state index in [-0.39, 0.29) is 12.8 Å². The second kappa shape index (κ2) is 5.97. The summed E-state index contributed by atoms with van der Waals surface area (Å²) >= 11 is 0. The Hall–Kier alpha value is -0.150. The second-order valence-corrected chi connectivity index (χ2v) is 5.45. The molecule has 3 heteroatoms. The first-order valence-corrected chi connectivity index (χ1v) is 6.77. The molecule has 1 saturated heterocycles. The Morgan fingerprint density at radius 3 is 2.38 bits per heavy atom. The molecule has 1 aliphatic heterocycles. The van der Waals surface area contributed by atoms with Gasteiger partial charge in [0.1, 0.15) is 0 Å². The van der Waals surface area contributed by atoms with Gasteiger partial charge in [-0.2, -0.15) is 0 Å². The van der Waals surface area contributed by atoms with E-state index in [9.17, 15) is 9.50 Å². The Bertz CT molecular complexity index is 198. The van der Waals surface area contributed by atoms with Gasteiger partial charge < -0.3 is 10.0 Å². The molecule has 0 unspecified atom stereocenters. The number of nitrogens with zero attached hydrogens (tertiary/aromatic N) is 1. The predicted molar refractivity (Wildman–Crippen MR) is 63.1 cm³/mol. The molecule has 0 spiro atoms. The molecule has 16 heavy (non-hydrogen) atoms. The van der Waals surface area contributed by atoms with Crippen molar-refractivity contribution in [3.8, 4) is 0 Å². The third-order valence-electron chi connectivity index (χ3n) is 4.21. The highest BCUT2D eigenvalue weighted by molar-refractivity contribution is 4.90. The van der Waals surface area contributed by atoms with Crippen molar-refractivity contribution in [3.63, 3.8) is 0 Å². The monoisotopic (exact) mass is 229 g/mol. The van der Waals surface area contributed by atoms with Crippen LogP contribution < -0.4 is 0 Å². The maximum Gasteiger partial charge on any atom is 0.0894 e. The van der Waals surface area contributed by atoms with Gasteiger partial charge >= 0.3 is 0 Å². The van der Waals surface area contributed by atoms with Gasteiger partial charge in [-0.3, -0.25) is 4.39 Å². The summed E-state index contributed by atoms with van der Waals surface area (Å²) in [5.74, 6) is 1.02. The lowest BCUT2D eigenvalue weighted by molar-refractivity contribution is -0.0495. The fourth-order valence-electron chi connectivity index (χ4n) is 3.29. The van der Waals surface area contributed by atoms with Crippen LogP contribution in [-0.4, -0.2) is 42.4 Å². The zero-order chi connectivity index (χ0) is 11.4. The Morgan fingerprint density at radius 2 is 1.75 bits per heavy atom. The first kappa shape index (κ1) is 12.3. The van der Waals surface area contributed by atoms with Gasteiger partial charge in [-0.15, -0.1) is 0 Å². The number of rotatable bonds is 5. The van der Waals surface area contributed by atoms with E-state index >= 15 is 0 Å². The molecule has 2 aliphatic rings. The molecule has 0 aromatic rings. The fourth-order valence-corrected chi connectivity index (χ4v) is 3.29. The Morgan fingerprint density at radius 1 is 1.06 bits per heavy atom. The Balaban J connectivity index is 1.72. The van der Waals surface area contributed by atoms with E-state index < -0.39 is 0 Å². The first-order valence-electron chi connectivity index (χ1n) is 6.77. The molecule has 1 aliphatic carbocycles. The van der Waals surface area contributed by atoms with Gasteiger partial charge in [-0.1, -0.05) is 6.42 Å². The topological polar surface area (TPSA) is 23.5 Å². The summed E-state index contributed by atoms with van der Waals surface area (Å²) in [5, 5.41) is 10.0. The molecular formula is C13H24FNO. The van der Waals surface area contributed by atoms with Crippen LogP contribution in [0.25, 0.3) is 0 Å². The number of piperidine rings is 1. The minimum Gasteiger partial charge on any atom is -0.392 e. The minimum atomic E-state index is -0.177. The number of unbranched alkanes of at least 4 members (excludes halogenated alkanes) is 2. The van der Waals surface area contributed by atoms with Gasteiger partial charge in [0.05, 0.1) is 12.8 Å². The lowest BCUT2D eigenvalue weighted by Gasteiger charge is -2.45. The van der Waals surface area contributed by atoms with Crippen molar-refractivity contribution in [2.45, 2.75) is 44.6 Å². The number of hydrogen-bond acceptors (Lipinski definition) is 2. The highest BCUT2D eigenvalue weighted by atomic mass is 19.1. The van der Waals surface area contributed by atoms with Crippen LogP contribution in [0.5, 0.6) is 0 Å². The minimum absolute atomic E-state index is 0.0455. The van der Waals surface area contributed by atoms with Crippen LogP contribution >= 0.6 is 0 Å². The number of aliphatic hydroxyl groups is 1. The van der Waals surface area contributed by atoms with Crippen molar-refractivity contribution >= 4 is 0 Å². The summed E-state index contributed by atoms with van der Waals surface area (Å²) in [6, 6.07) is 0. The third-order valence-corrected chi connectivity index (χ3v) is 4.21. The lowest BCUT2D eigenvalue weighted by atomic mass is 9.75. The third kappa shape index (κ3) is 2.95. The number of alkyl halides is 1. The molecule has 0 aromatic carbocycles. The quantitative estimate of drug-likeness (QED) is 0.731. The Kier molecular flexibility index (Phi) is 4.59. The van der Waals surface area contributed by atoms with Crippen LogP contribution in [0.2, 0.25) is 0 Å². The number of likely N-dealkylation sites (tertiary alicyclic amines) is 1. The number of hydrogen-bond donors (Lipinski definition) is 1. The van der Waals surface area contributed by atoms with E-state index in [4.69, 9.17) is 0 Å². The van der Waals surface area contributed by atoms with Crippen molar-refractivity contribution in [1.29, 1.82) is 0 Å². The largest absolute Gasteiger partial charge is 0.392 e. The van der Waals surface area contributed by atoms with Crippen molar-refractivity contribution in [1.82, 2.24) is 4.90 Å². The molecule has 0 amide bonds. The molecule has 1 saturated carbocycles. The van der Waals surface area contributed by atoms with Gasteiger partial charge in [0, 0.05) is 13.1 Å². The van der Waals surface area contributed by atoms with Gasteiger partial charge in [-0.05, 0) is 50.5 Å². The van der Waals surface area contributed by atoms with Crippen LogP contribution in [-0.2, 0) is 0 Å². The van der Waals surface area contributed by atoms with E-state index in [0.29, 0.717) is 18.3 Å². The average molecular weight is 229 g/mol. The fraction of sp³-hybridized carbons (Fsp3) is 1.00. The lowest BCUT2D eigenvalue weighted by Crippen LogP contribution is -2.51. The van der Waals surface area contributed by atoms with E-state index in [1.165, 1.54) is 19.3 Å². The van der Waals surface area contributed by atoms with Crippen LogP contribution in [0.1, 0.15) is 38.5 Å². The number of halogens is 1. The van der Waals surface area contributed by atoms with Gasteiger partial charge in [0.15, 0.2) is 0 Å².